The van der Waals surface area contributed by atoms with Gasteiger partial charge < -0.3 is 19.1 Å². The summed E-state index contributed by atoms with van der Waals surface area (Å²) in [6, 6.07) is 13.5. The van der Waals surface area contributed by atoms with E-state index in [4.69, 9.17) is 14.2 Å². The molecule has 152 valence electrons. The zero-order valence-electron chi connectivity index (χ0n) is 16.6. The van der Waals surface area contributed by atoms with Crippen LogP contribution in [0.1, 0.15) is 18.4 Å². The van der Waals surface area contributed by atoms with Crippen molar-refractivity contribution in [3.05, 3.63) is 48.0 Å². The maximum atomic E-state index is 12.6. The Kier molecular flexibility index (Phi) is 5.85. The van der Waals surface area contributed by atoms with E-state index in [0.29, 0.717) is 24.7 Å². The smallest absolute Gasteiger partial charge is 0.274 e. The Bertz CT molecular complexity index is 995. The number of thiazole rings is 1. The van der Waals surface area contributed by atoms with Gasteiger partial charge in [0.1, 0.15) is 17.6 Å². The van der Waals surface area contributed by atoms with E-state index in [1.807, 2.05) is 47.4 Å². The average molecular weight is 413 g/mol. The summed E-state index contributed by atoms with van der Waals surface area (Å²) in [4.78, 5) is 19.1. The van der Waals surface area contributed by atoms with Gasteiger partial charge in [-0.15, -0.1) is 0 Å². The maximum Gasteiger partial charge on any atom is 0.274 e. The third-order valence-electron chi connectivity index (χ3n) is 5.13. The predicted octanol–water partition coefficient (Wildman–Crippen LogP) is 3.93. The van der Waals surface area contributed by atoms with E-state index in [1.54, 1.807) is 25.6 Å². The molecule has 1 aromatic heterocycles. The number of carbonyl (C=O) groups is 1. The number of aromatic nitrogens is 1. The van der Waals surface area contributed by atoms with Gasteiger partial charge in [-0.2, -0.15) is 0 Å². The lowest BCUT2D eigenvalue weighted by Crippen LogP contribution is -2.42. The molecule has 1 aliphatic rings. The van der Waals surface area contributed by atoms with Gasteiger partial charge in [0, 0.05) is 32.0 Å². The fourth-order valence-electron chi connectivity index (χ4n) is 3.50. The standard InChI is InChI=1S/C22H24N2O4S/c1-26-17-5-3-4-15(12-17)13-21(25)24-10-8-16(9-11-24)28-22-23-19-14-18(27-2)6-7-20(19)29-22/h3-7,12,14,16H,8-11,13H2,1-2H3. The lowest BCUT2D eigenvalue weighted by atomic mass is 10.1. The molecule has 0 spiro atoms. The van der Waals surface area contributed by atoms with Crippen LogP contribution in [0.4, 0.5) is 0 Å². The van der Waals surface area contributed by atoms with E-state index in [0.717, 1.165) is 40.1 Å². The van der Waals surface area contributed by atoms with Crippen LogP contribution in [0.3, 0.4) is 0 Å². The molecule has 4 rings (SSSR count). The van der Waals surface area contributed by atoms with Crippen LogP contribution in [0.5, 0.6) is 16.7 Å². The number of likely N-dealkylation sites (tertiary alicyclic amines) is 1. The van der Waals surface area contributed by atoms with Crippen molar-refractivity contribution < 1.29 is 19.0 Å². The molecule has 0 aliphatic carbocycles. The van der Waals surface area contributed by atoms with E-state index >= 15 is 0 Å². The van der Waals surface area contributed by atoms with Crippen molar-refractivity contribution in [2.75, 3.05) is 27.3 Å². The molecule has 0 radical (unpaired) electrons. The molecule has 29 heavy (non-hydrogen) atoms. The van der Waals surface area contributed by atoms with Crippen molar-refractivity contribution >= 4 is 27.5 Å². The highest BCUT2D eigenvalue weighted by Gasteiger charge is 2.25. The third-order valence-corrected chi connectivity index (χ3v) is 6.05. The molecule has 7 heteroatoms. The number of benzene rings is 2. The summed E-state index contributed by atoms with van der Waals surface area (Å²) in [5.41, 5.74) is 1.85. The summed E-state index contributed by atoms with van der Waals surface area (Å²) in [7, 11) is 3.28. The van der Waals surface area contributed by atoms with Gasteiger partial charge in [-0.1, -0.05) is 23.5 Å². The van der Waals surface area contributed by atoms with Crippen LogP contribution < -0.4 is 14.2 Å². The minimum Gasteiger partial charge on any atom is -0.497 e. The molecule has 1 saturated heterocycles. The molecule has 0 N–H and O–H groups in total. The number of fused-ring (bicyclic) bond motifs is 1. The highest BCUT2D eigenvalue weighted by atomic mass is 32.1. The van der Waals surface area contributed by atoms with Crippen LogP contribution in [0.2, 0.25) is 0 Å². The van der Waals surface area contributed by atoms with E-state index in [9.17, 15) is 4.79 Å². The number of amides is 1. The first-order chi connectivity index (χ1) is 14.1. The first-order valence-electron chi connectivity index (χ1n) is 9.66. The number of hydrogen-bond acceptors (Lipinski definition) is 6. The van der Waals surface area contributed by atoms with Gasteiger partial charge in [-0.3, -0.25) is 4.79 Å². The molecular weight excluding hydrogens is 388 g/mol. The van der Waals surface area contributed by atoms with Gasteiger partial charge in [0.05, 0.1) is 30.9 Å². The minimum atomic E-state index is 0.0818. The second-order valence-corrected chi connectivity index (χ2v) is 8.03. The summed E-state index contributed by atoms with van der Waals surface area (Å²) < 4.78 is 17.7. The molecule has 1 aliphatic heterocycles. The second kappa shape index (κ2) is 8.69. The summed E-state index contributed by atoms with van der Waals surface area (Å²) in [5, 5.41) is 0.675. The van der Waals surface area contributed by atoms with E-state index in [1.165, 1.54) is 0 Å². The SMILES string of the molecule is COc1cccc(CC(=O)N2CCC(Oc3nc4cc(OC)ccc4s3)CC2)c1. The van der Waals surface area contributed by atoms with Gasteiger partial charge >= 0.3 is 0 Å². The number of ether oxygens (including phenoxy) is 3. The van der Waals surface area contributed by atoms with Gasteiger partial charge in [-0.05, 0) is 29.8 Å². The Balaban J connectivity index is 1.31. The predicted molar refractivity (Wildman–Crippen MR) is 113 cm³/mol. The summed E-state index contributed by atoms with van der Waals surface area (Å²) >= 11 is 1.54. The van der Waals surface area contributed by atoms with Crippen LogP contribution >= 0.6 is 11.3 Å². The zero-order valence-corrected chi connectivity index (χ0v) is 17.4. The number of methoxy groups -OCH3 is 2. The Labute approximate surface area is 174 Å². The Morgan fingerprint density at radius 3 is 2.62 bits per heavy atom. The van der Waals surface area contributed by atoms with E-state index in [-0.39, 0.29) is 12.0 Å². The Morgan fingerprint density at radius 1 is 1.10 bits per heavy atom. The largest absolute Gasteiger partial charge is 0.497 e. The van der Waals surface area contributed by atoms with Gasteiger partial charge in [0.2, 0.25) is 5.91 Å². The molecular formula is C22H24N2O4S. The van der Waals surface area contributed by atoms with Crippen LogP contribution in [0, 0.1) is 0 Å². The molecule has 0 atom stereocenters. The first-order valence-corrected chi connectivity index (χ1v) is 10.5. The monoisotopic (exact) mass is 412 g/mol. The molecule has 3 aromatic rings. The number of nitrogens with zero attached hydrogens (tertiary/aromatic N) is 2. The topological polar surface area (TPSA) is 60.9 Å². The molecule has 0 unspecified atom stereocenters. The highest BCUT2D eigenvalue weighted by molar-refractivity contribution is 7.20. The average Bonchev–Trinajstić information content (AvgIpc) is 3.15. The fraction of sp³-hybridized carbons (Fsp3) is 0.364. The number of carbonyl (C=O) groups excluding carboxylic acids is 1. The van der Waals surface area contributed by atoms with Crippen LogP contribution in [-0.4, -0.2) is 49.2 Å². The lowest BCUT2D eigenvalue weighted by Gasteiger charge is -2.31. The van der Waals surface area contributed by atoms with Crippen molar-refractivity contribution in [1.82, 2.24) is 9.88 Å². The van der Waals surface area contributed by atoms with Crippen molar-refractivity contribution in [2.24, 2.45) is 0 Å². The number of rotatable bonds is 6. The van der Waals surface area contributed by atoms with Crippen LogP contribution in [0.25, 0.3) is 10.2 Å². The summed E-state index contributed by atoms with van der Waals surface area (Å²) in [6.45, 7) is 1.40. The van der Waals surface area contributed by atoms with Crippen LogP contribution in [-0.2, 0) is 11.2 Å². The summed E-state index contributed by atoms with van der Waals surface area (Å²) in [6.07, 6.45) is 2.09. The normalized spacial score (nSPS) is 14.8. The number of hydrogen-bond donors (Lipinski definition) is 0. The van der Waals surface area contributed by atoms with Crippen molar-refractivity contribution in [1.29, 1.82) is 0 Å². The summed E-state index contributed by atoms with van der Waals surface area (Å²) in [5.74, 6) is 1.71. The first kappa shape index (κ1) is 19.5. The lowest BCUT2D eigenvalue weighted by molar-refractivity contribution is -0.132. The Hall–Kier alpha value is -2.80. The molecule has 6 nitrogen and oxygen atoms in total. The van der Waals surface area contributed by atoms with Crippen LogP contribution in [0.15, 0.2) is 42.5 Å². The van der Waals surface area contributed by atoms with Crippen molar-refractivity contribution in [2.45, 2.75) is 25.4 Å². The molecule has 2 aromatic carbocycles. The van der Waals surface area contributed by atoms with Gasteiger partial charge in [-0.25, -0.2) is 4.98 Å². The van der Waals surface area contributed by atoms with E-state index < -0.39 is 0 Å². The Morgan fingerprint density at radius 2 is 1.86 bits per heavy atom. The molecule has 1 amide bonds. The van der Waals surface area contributed by atoms with Crippen molar-refractivity contribution in [3.8, 4) is 16.7 Å². The highest BCUT2D eigenvalue weighted by Crippen LogP contribution is 2.32. The quantitative estimate of drug-likeness (QED) is 0.614. The van der Waals surface area contributed by atoms with Crippen molar-refractivity contribution in [3.63, 3.8) is 0 Å². The number of piperidine rings is 1. The van der Waals surface area contributed by atoms with E-state index in [2.05, 4.69) is 4.98 Å². The minimum absolute atomic E-state index is 0.0818. The zero-order chi connectivity index (χ0) is 20.2. The fourth-order valence-corrected chi connectivity index (χ4v) is 4.36. The third kappa shape index (κ3) is 4.62. The van der Waals surface area contributed by atoms with Gasteiger partial charge in [0.25, 0.3) is 5.19 Å². The van der Waals surface area contributed by atoms with Gasteiger partial charge in [0.15, 0.2) is 0 Å². The molecule has 2 heterocycles. The molecule has 1 fully saturated rings. The molecule has 0 saturated carbocycles. The molecule has 0 bridgehead atoms. The second-order valence-electron chi connectivity index (χ2n) is 7.04. The maximum absolute atomic E-state index is 12.6.